The number of hydrogen-bond donors (Lipinski definition) is 1. The van der Waals surface area contributed by atoms with Gasteiger partial charge in [0.05, 0.1) is 21.4 Å². The van der Waals surface area contributed by atoms with E-state index < -0.39 is 9.84 Å². The number of amides is 1. The van der Waals surface area contributed by atoms with Crippen molar-refractivity contribution in [3.8, 4) is 0 Å². The Morgan fingerprint density at radius 2 is 1.91 bits per heavy atom. The van der Waals surface area contributed by atoms with Crippen molar-refractivity contribution in [3.63, 3.8) is 0 Å². The molecule has 32 heavy (non-hydrogen) atoms. The molecular formula is C21H20Cl2N4O3S2. The molecule has 2 aromatic carbocycles. The first-order chi connectivity index (χ1) is 15.2. The van der Waals surface area contributed by atoms with Crippen LogP contribution in [0.1, 0.15) is 11.4 Å². The Bertz CT molecular complexity index is 1240. The molecule has 0 aliphatic rings. The van der Waals surface area contributed by atoms with Crippen LogP contribution >= 0.6 is 35.0 Å². The van der Waals surface area contributed by atoms with Crippen LogP contribution in [-0.2, 0) is 26.9 Å². The van der Waals surface area contributed by atoms with Crippen molar-refractivity contribution in [3.05, 3.63) is 76.6 Å². The molecule has 0 spiro atoms. The number of nitrogens with one attached hydrogen (secondary N) is 1. The maximum absolute atomic E-state index is 12.8. The summed E-state index contributed by atoms with van der Waals surface area (Å²) in [5.74, 6) is -0.321. The largest absolute Gasteiger partial charge is 0.324 e. The van der Waals surface area contributed by atoms with E-state index in [1.165, 1.54) is 6.07 Å². The molecule has 0 fully saturated rings. The van der Waals surface area contributed by atoms with Gasteiger partial charge in [-0.1, -0.05) is 58.7 Å². The molecule has 1 N–H and O–H groups in total. The Morgan fingerprint density at radius 1 is 1.19 bits per heavy atom. The fourth-order valence-corrected chi connectivity index (χ4v) is 5.24. The average molecular weight is 511 g/mol. The Hall–Kier alpha value is -2.33. The molecule has 0 saturated heterocycles. The molecule has 0 aliphatic heterocycles. The van der Waals surface area contributed by atoms with E-state index in [2.05, 4.69) is 22.1 Å². The number of halogens is 2. The van der Waals surface area contributed by atoms with Crippen LogP contribution in [0.4, 0.5) is 5.69 Å². The minimum atomic E-state index is -3.61. The van der Waals surface area contributed by atoms with Gasteiger partial charge in [0.15, 0.2) is 15.0 Å². The van der Waals surface area contributed by atoms with Crippen LogP contribution in [0.5, 0.6) is 0 Å². The molecule has 1 amide bonds. The van der Waals surface area contributed by atoms with Crippen molar-refractivity contribution in [2.75, 3.05) is 11.1 Å². The fraction of sp³-hybridized carbons (Fsp3) is 0.190. The summed E-state index contributed by atoms with van der Waals surface area (Å²) in [6, 6.07) is 11.4. The summed E-state index contributed by atoms with van der Waals surface area (Å²) < 4.78 is 27.2. The zero-order valence-corrected chi connectivity index (χ0v) is 20.2. The predicted octanol–water partition coefficient (Wildman–Crippen LogP) is 4.78. The Labute approximate surface area is 200 Å². The van der Waals surface area contributed by atoms with Crippen LogP contribution in [0.2, 0.25) is 10.0 Å². The Kier molecular flexibility index (Phi) is 8.00. The van der Waals surface area contributed by atoms with E-state index in [1.807, 2.05) is 6.92 Å². The van der Waals surface area contributed by atoms with E-state index in [4.69, 9.17) is 23.2 Å². The van der Waals surface area contributed by atoms with Gasteiger partial charge in [0.25, 0.3) is 0 Å². The van der Waals surface area contributed by atoms with Crippen molar-refractivity contribution >= 4 is 56.4 Å². The third-order valence-electron chi connectivity index (χ3n) is 4.34. The number of rotatable bonds is 9. The number of aromatic nitrogens is 3. The second-order valence-corrected chi connectivity index (χ2v) is 10.6. The Balaban J connectivity index is 1.72. The zero-order chi connectivity index (χ0) is 23.3. The average Bonchev–Trinajstić information content (AvgIpc) is 3.10. The van der Waals surface area contributed by atoms with Crippen LogP contribution in [-0.4, -0.2) is 34.8 Å². The first kappa shape index (κ1) is 24.3. The number of thioether (sulfide) groups is 1. The van der Waals surface area contributed by atoms with Crippen molar-refractivity contribution in [2.45, 2.75) is 29.3 Å². The fourth-order valence-electron chi connectivity index (χ4n) is 2.75. The minimum Gasteiger partial charge on any atom is -0.324 e. The second kappa shape index (κ2) is 10.5. The van der Waals surface area contributed by atoms with Gasteiger partial charge in [0, 0.05) is 11.6 Å². The van der Waals surface area contributed by atoms with E-state index in [0.717, 1.165) is 17.3 Å². The maximum Gasteiger partial charge on any atom is 0.234 e. The third-order valence-corrected chi connectivity index (χ3v) is 7.49. The smallest absolute Gasteiger partial charge is 0.234 e. The first-order valence-electron chi connectivity index (χ1n) is 9.39. The van der Waals surface area contributed by atoms with E-state index in [9.17, 15) is 13.2 Å². The van der Waals surface area contributed by atoms with Gasteiger partial charge in [-0.3, -0.25) is 4.79 Å². The van der Waals surface area contributed by atoms with Gasteiger partial charge < -0.3 is 9.88 Å². The Morgan fingerprint density at radius 3 is 2.56 bits per heavy atom. The van der Waals surface area contributed by atoms with Crippen LogP contribution in [0, 0.1) is 6.92 Å². The van der Waals surface area contributed by atoms with Crippen LogP contribution < -0.4 is 5.32 Å². The van der Waals surface area contributed by atoms with Gasteiger partial charge in [-0.15, -0.1) is 16.8 Å². The number of carbonyl (C=O) groups is 1. The number of aryl methyl sites for hydroxylation is 1. The van der Waals surface area contributed by atoms with Crippen LogP contribution in [0.3, 0.4) is 0 Å². The predicted molar refractivity (Wildman–Crippen MR) is 128 cm³/mol. The molecule has 0 radical (unpaired) electrons. The van der Waals surface area contributed by atoms with Crippen LogP contribution in [0.25, 0.3) is 0 Å². The number of benzene rings is 2. The van der Waals surface area contributed by atoms with Gasteiger partial charge in [-0.25, -0.2) is 8.42 Å². The molecule has 0 saturated carbocycles. The summed E-state index contributed by atoms with van der Waals surface area (Å²) >= 11 is 13.1. The summed E-state index contributed by atoms with van der Waals surface area (Å²) in [6.07, 6.45) is 1.61. The van der Waals surface area contributed by atoms with Gasteiger partial charge in [-0.05, 0) is 37.3 Å². The van der Waals surface area contributed by atoms with Crippen molar-refractivity contribution in [2.24, 2.45) is 0 Å². The van der Waals surface area contributed by atoms with Gasteiger partial charge in [-0.2, -0.15) is 0 Å². The molecule has 168 valence electrons. The van der Waals surface area contributed by atoms with Crippen molar-refractivity contribution < 1.29 is 13.2 Å². The summed E-state index contributed by atoms with van der Waals surface area (Å²) in [4.78, 5) is 12.6. The SMILES string of the molecule is C=CCn1c(CS(=O)(=O)c2ccc(C)cc2)nnc1SCC(=O)Nc1ccc(Cl)cc1Cl. The zero-order valence-electron chi connectivity index (χ0n) is 17.1. The molecule has 3 aromatic rings. The van der Waals surface area contributed by atoms with Crippen LogP contribution in [0.15, 0.2) is 65.2 Å². The quantitative estimate of drug-likeness (QED) is 0.328. The lowest BCUT2D eigenvalue weighted by atomic mass is 10.2. The molecule has 0 bridgehead atoms. The molecule has 1 heterocycles. The lowest BCUT2D eigenvalue weighted by molar-refractivity contribution is -0.113. The highest BCUT2D eigenvalue weighted by atomic mass is 35.5. The molecule has 7 nitrogen and oxygen atoms in total. The molecular weight excluding hydrogens is 491 g/mol. The number of hydrogen-bond acceptors (Lipinski definition) is 6. The van der Waals surface area contributed by atoms with E-state index in [0.29, 0.717) is 27.4 Å². The summed E-state index contributed by atoms with van der Waals surface area (Å²) in [6.45, 7) is 5.90. The second-order valence-electron chi connectivity index (χ2n) is 6.83. The topological polar surface area (TPSA) is 93.9 Å². The summed E-state index contributed by atoms with van der Waals surface area (Å²) in [7, 11) is -3.61. The normalized spacial score (nSPS) is 11.3. The van der Waals surface area contributed by atoms with E-state index in [1.54, 1.807) is 47.0 Å². The third kappa shape index (κ3) is 6.13. The van der Waals surface area contributed by atoms with Crippen molar-refractivity contribution in [1.82, 2.24) is 14.8 Å². The highest BCUT2D eigenvalue weighted by molar-refractivity contribution is 7.99. The number of carbonyl (C=O) groups excluding carboxylic acids is 1. The van der Waals surface area contributed by atoms with E-state index in [-0.39, 0.29) is 28.1 Å². The van der Waals surface area contributed by atoms with Gasteiger partial charge >= 0.3 is 0 Å². The molecule has 3 rings (SSSR count). The van der Waals surface area contributed by atoms with Gasteiger partial charge in [0.1, 0.15) is 11.6 Å². The number of allylic oxidation sites excluding steroid dienone is 1. The van der Waals surface area contributed by atoms with Crippen molar-refractivity contribution in [1.29, 1.82) is 0 Å². The highest BCUT2D eigenvalue weighted by Gasteiger charge is 2.22. The highest BCUT2D eigenvalue weighted by Crippen LogP contribution is 2.26. The van der Waals surface area contributed by atoms with Gasteiger partial charge in [0.2, 0.25) is 5.91 Å². The lowest BCUT2D eigenvalue weighted by Gasteiger charge is -2.09. The lowest BCUT2D eigenvalue weighted by Crippen LogP contribution is -2.15. The maximum atomic E-state index is 12.8. The summed E-state index contributed by atoms with van der Waals surface area (Å²) in [5, 5.41) is 12.0. The monoisotopic (exact) mass is 510 g/mol. The summed E-state index contributed by atoms with van der Waals surface area (Å²) in [5.41, 5.74) is 1.41. The molecule has 1 aromatic heterocycles. The molecule has 0 atom stereocenters. The molecule has 11 heteroatoms. The molecule has 0 aliphatic carbocycles. The standard InChI is InChI=1S/C21H20Cl2N4O3S2/c1-3-10-27-19(13-32(29,30)16-7-4-14(2)5-8-16)25-26-21(27)31-12-20(28)24-18-9-6-15(22)11-17(18)23/h3-9,11H,1,10,12-13H2,2H3,(H,24,28). The first-order valence-corrected chi connectivity index (χ1v) is 12.8. The molecule has 0 unspecified atom stereocenters. The minimum absolute atomic E-state index is 0.0267. The number of nitrogens with zero attached hydrogens (tertiary/aromatic N) is 3. The van der Waals surface area contributed by atoms with E-state index >= 15 is 0 Å². The number of anilines is 1. The number of sulfone groups is 1.